The van der Waals surface area contributed by atoms with Crippen molar-refractivity contribution in [3.8, 4) is 11.5 Å². The number of benzene rings is 3. The first-order chi connectivity index (χ1) is 14.9. The van der Waals surface area contributed by atoms with Crippen LogP contribution >= 0.6 is 39.1 Å². The third-order valence-electron chi connectivity index (χ3n) is 5.23. The van der Waals surface area contributed by atoms with E-state index in [9.17, 15) is 4.79 Å². The minimum atomic E-state index is -0.360. The van der Waals surface area contributed by atoms with E-state index < -0.39 is 0 Å². The molecule has 0 aliphatic carbocycles. The van der Waals surface area contributed by atoms with E-state index in [-0.39, 0.29) is 5.91 Å². The highest BCUT2D eigenvalue weighted by Gasteiger charge is 2.16. The summed E-state index contributed by atoms with van der Waals surface area (Å²) in [6.07, 6.45) is 1.05. The van der Waals surface area contributed by atoms with E-state index in [2.05, 4.69) is 52.2 Å². The number of amides is 1. The van der Waals surface area contributed by atoms with Crippen molar-refractivity contribution in [2.45, 2.75) is 26.2 Å². The fraction of sp³-hybridized carbons (Fsp3) is 0.167. The second kappa shape index (κ2) is 9.03. The number of nitrogens with one attached hydrogen (secondary N) is 1. The number of nitrogens with zero attached hydrogens (tertiary/aromatic N) is 1. The van der Waals surface area contributed by atoms with Gasteiger partial charge in [-0.3, -0.25) is 4.79 Å². The van der Waals surface area contributed by atoms with Crippen molar-refractivity contribution < 1.29 is 9.21 Å². The predicted octanol–water partition coefficient (Wildman–Crippen LogP) is 8.33. The summed E-state index contributed by atoms with van der Waals surface area (Å²) >= 11 is 15.9. The van der Waals surface area contributed by atoms with Crippen LogP contribution in [0.15, 0.2) is 63.5 Å². The van der Waals surface area contributed by atoms with Crippen molar-refractivity contribution in [1.82, 2.24) is 4.98 Å². The van der Waals surface area contributed by atoms with Crippen LogP contribution in [-0.2, 0) is 0 Å². The Labute approximate surface area is 198 Å². The Balaban J connectivity index is 1.66. The summed E-state index contributed by atoms with van der Waals surface area (Å²) in [6.45, 7) is 4.35. The van der Waals surface area contributed by atoms with Crippen molar-refractivity contribution in [1.29, 1.82) is 0 Å². The lowest BCUT2D eigenvalue weighted by Crippen LogP contribution is -2.13. The summed E-state index contributed by atoms with van der Waals surface area (Å²) in [5.74, 6) is 0.553. The third kappa shape index (κ3) is 4.64. The Morgan fingerprint density at radius 2 is 1.87 bits per heavy atom. The van der Waals surface area contributed by atoms with Gasteiger partial charge in [0.25, 0.3) is 5.91 Å². The Bertz CT molecular complexity index is 1290. The first kappa shape index (κ1) is 21.9. The smallest absolute Gasteiger partial charge is 0.257 e. The van der Waals surface area contributed by atoms with Gasteiger partial charge in [-0.15, -0.1) is 0 Å². The summed E-state index contributed by atoms with van der Waals surface area (Å²) in [5.41, 5.74) is 4.24. The van der Waals surface area contributed by atoms with Crippen LogP contribution in [0, 0.1) is 0 Å². The molecule has 158 valence electrons. The number of hydrogen-bond acceptors (Lipinski definition) is 3. The maximum atomic E-state index is 12.7. The van der Waals surface area contributed by atoms with Crippen LogP contribution < -0.4 is 5.32 Å². The third-order valence-corrected chi connectivity index (χ3v) is 6.38. The zero-order valence-corrected chi connectivity index (χ0v) is 20.0. The molecule has 0 radical (unpaired) electrons. The molecule has 31 heavy (non-hydrogen) atoms. The van der Waals surface area contributed by atoms with Crippen LogP contribution in [-0.4, -0.2) is 10.9 Å². The SMILES string of the molecule is CCC(C)c1ccc2oc(-c3ccc(Cl)c(NC(=O)c4cc(Br)ccc4Cl)c3)nc2c1. The number of rotatable bonds is 5. The molecule has 0 spiro atoms. The van der Waals surface area contributed by atoms with Crippen molar-refractivity contribution in [3.05, 3.63) is 80.2 Å². The van der Waals surface area contributed by atoms with Gasteiger partial charge < -0.3 is 9.73 Å². The van der Waals surface area contributed by atoms with Gasteiger partial charge in [0, 0.05) is 10.0 Å². The lowest BCUT2D eigenvalue weighted by molar-refractivity contribution is 0.102. The predicted molar refractivity (Wildman–Crippen MR) is 130 cm³/mol. The number of carbonyl (C=O) groups is 1. The van der Waals surface area contributed by atoms with Gasteiger partial charge in [-0.2, -0.15) is 0 Å². The number of carbonyl (C=O) groups excluding carboxylic acids is 1. The highest BCUT2D eigenvalue weighted by Crippen LogP contribution is 2.32. The number of oxazole rings is 1. The summed E-state index contributed by atoms with van der Waals surface area (Å²) in [4.78, 5) is 17.4. The normalized spacial score (nSPS) is 12.2. The molecule has 7 heteroatoms. The zero-order valence-electron chi connectivity index (χ0n) is 16.9. The lowest BCUT2D eigenvalue weighted by Gasteiger charge is -2.10. The van der Waals surface area contributed by atoms with Crippen LogP contribution in [0.5, 0.6) is 0 Å². The minimum absolute atomic E-state index is 0.344. The zero-order chi connectivity index (χ0) is 22.1. The van der Waals surface area contributed by atoms with Crippen molar-refractivity contribution >= 4 is 61.8 Å². The molecule has 1 unspecified atom stereocenters. The molecule has 1 amide bonds. The van der Waals surface area contributed by atoms with E-state index in [1.54, 1.807) is 30.3 Å². The number of hydrogen-bond donors (Lipinski definition) is 1. The maximum Gasteiger partial charge on any atom is 0.257 e. The molecular weight excluding hydrogens is 499 g/mol. The Hall–Kier alpha value is -2.34. The fourth-order valence-corrected chi connectivity index (χ4v) is 3.95. The van der Waals surface area contributed by atoms with E-state index >= 15 is 0 Å². The van der Waals surface area contributed by atoms with Gasteiger partial charge in [-0.1, -0.05) is 59.0 Å². The van der Waals surface area contributed by atoms with Gasteiger partial charge in [0.2, 0.25) is 5.89 Å². The van der Waals surface area contributed by atoms with E-state index in [0.29, 0.717) is 44.3 Å². The summed E-state index contributed by atoms with van der Waals surface area (Å²) in [6, 6.07) is 16.4. The first-order valence-corrected chi connectivity index (χ1v) is 11.4. The molecule has 4 rings (SSSR count). The summed E-state index contributed by atoms with van der Waals surface area (Å²) in [7, 11) is 0. The van der Waals surface area contributed by atoms with Crippen LogP contribution in [0.3, 0.4) is 0 Å². The first-order valence-electron chi connectivity index (χ1n) is 9.82. The molecule has 0 aliphatic rings. The van der Waals surface area contributed by atoms with E-state index in [4.69, 9.17) is 27.6 Å². The van der Waals surface area contributed by atoms with Crippen molar-refractivity contribution in [2.75, 3.05) is 5.32 Å². The molecule has 0 fully saturated rings. The van der Waals surface area contributed by atoms with Crippen LogP contribution in [0.25, 0.3) is 22.6 Å². The van der Waals surface area contributed by atoms with Crippen LogP contribution in [0.4, 0.5) is 5.69 Å². The van der Waals surface area contributed by atoms with Gasteiger partial charge in [-0.25, -0.2) is 4.98 Å². The maximum absolute atomic E-state index is 12.7. The lowest BCUT2D eigenvalue weighted by atomic mass is 9.98. The van der Waals surface area contributed by atoms with Gasteiger partial charge in [0.1, 0.15) is 5.52 Å². The number of anilines is 1. The molecule has 1 atom stereocenters. The molecule has 3 aromatic carbocycles. The molecule has 0 aliphatic heterocycles. The van der Waals surface area contributed by atoms with Crippen LogP contribution in [0.1, 0.15) is 42.1 Å². The molecule has 0 bridgehead atoms. The fourth-order valence-electron chi connectivity index (χ4n) is 3.23. The van der Waals surface area contributed by atoms with Gasteiger partial charge >= 0.3 is 0 Å². The monoisotopic (exact) mass is 516 g/mol. The minimum Gasteiger partial charge on any atom is -0.436 e. The molecule has 0 saturated heterocycles. The Morgan fingerprint density at radius 1 is 1.10 bits per heavy atom. The van der Waals surface area contributed by atoms with Gasteiger partial charge in [-0.05, 0) is 66.4 Å². The molecule has 1 aromatic heterocycles. The highest BCUT2D eigenvalue weighted by molar-refractivity contribution is 9.10. The van der Waals surface area contributed by atoms with Crippen LogP contribution in [0.2, 0.25) is 10.0 Å². The largest absolute Gasteiger partial charge is 0.436 e. The van der Waals surface area contributed by atoms with Gasteiger partial charge in [0.15, 0.2) is 5.58 Å². The molecule has 1 N–H and O–H groups in total. The Kier molecular flexibility index (Phi) is 6.37. The topological polar surface area (TPSA) is 55.1 Å². The second-order valence-electron chi connectivity index (χ2n) is 7.33. The van der Waals surface area contributed by atoms with E-state index in [1.165, 1.54) is 5.56 Å². The standard InChI is InChI=1S/C24H19BrCl2N2O2/c1-3-13(2)14-5-9-22-21(10-14)29-24(31-22)15-4-7-19(27)20(11-15)28-23(30)17-12-16(25)6-8-18(17)26/h4-13H,3H2,1-2H3,(H,28,30). The van der Waals surface area contributed by atoms with Gasteiger partial charge in [0.05, 0.1) is 21.3 Å². The Morgan fingerprint density at radius 3 is 2.65 bits per heavy atom. The van der Waals surface area contributed by atoms with E-state index in [0.717, 1.165) is 16.4 Å². The molecule has 0 saturated carbocycles. The molecule has 4 aromatic rings. The van der Waals surface area contributed by atoms with E-state index in [1.807, 2.05) is 12.1 Å². The van der Waals surface area contributed by atoms with Crippen molar-refractivity contribution in [3.63, 3.8) is 0 Å². The summed E-state index contributed by atoms with van der Waals surface area (Å²) < 4.78 is 6.70. The molecule has 4 nitrogen and oxygen atoms in total. The number of fused-ring (bicyclic) bond motifs is 1. The quantitative estimate of drug-likeness (QED) is 0.289. The second-order valence-corrected chi connectivity index (χ2v) is 9.06. The highest BCUT2D eigenvalue weighted by atomic mass is 79.9. The summed E-state index contributed by atoms with van der Waals surface area (Å²) in [5, 5.41) is 3.58. The molecular formula is C24H19BrCl2N2O2. The average Bonchev–Trinajstić information content (AvgIpc) is 3.19. The number of aromatic nitrogens is 1. The molecule has 1 heterocycles. The average molecular weight is 518 g/mol. The number of halogens is 3. The van der Waals surface area contributed by atoms with Crippen molar-refractivity contribution in [2.24, 2.45) is 0 Å².